The zero-order chi connectivity index (χ0) is 24.3. The molecule has 1 aliphatic heterocycles. The van der Waals surface area contributed by atoms with E-state index in [0.29, 0.717) is 39.3 Å². The Hall–Kier alpha value is -2.19. The summed E-state index contributed by atoms with van der Waals surface area (Å²) in [7, 11) is 0. The van der Waals surface area contributed by atoms with Crippen molar-refractivity contribution in [2.24, 2.45) is 0 Å². The summed E-state index contributed by atoms with van der Waals surface area (Å²) in [5, 5.41) is 3.16. The van der Waals surface area contributed by atoms with Gasteiger partial charge < -0.3 is 5.32 Å². The number of carbonyl (C=O) groups excluding carboxylic acids is 1. The van der Waals surface area contributed by atoms with Crippen molar-refractivity contribution in [3.63, 3.8) is 0 Å². The Bertz CT molecular complexity index is 1080. The first-order valence-electron chi connectivity index (χ1n) is 12.6. The summed E-state index contributed by atoms with van der Waals surface area (Å²) >= 11 is 6.75. The maximum Gasteiger partial charge on any atom is 0.267 e. The van der Waals surface area contributed by atoms with Gasteiger partial charge in [-0.2, -0.15) is 0 Å². The van der Waals surface area contributed by atoms with Crippen LogP contribution in [0.4, 0.5) is 5.82 Å². The molecule has 3 rings (SSSR count). The molecule has 0 atom stereocenters. The largest absolute Gasteiger partial charge is 0.370 e. The Labute approximate surface area is 212 Å². The first kappa shape index (κ1) is 26.4. The van der Waals surface area contributed by atoms with E-state index in [2.05, 4.69) is 17.2 Å². The summed E-state index contributed by atoms with van der Waals surface area (Å²) in [5.41, 5.74) is 0.737. The van der Waals surface area contributed by atoms with Gasteiger partial charge in [0.15, 0.2) is 0 Å². The van der Waals surface area contributed by atoms with Gasteiger partial charge in [0.25, 0.3) is 11.5 Å². The van der Waals surface area contributed by atoms with Crippen LogP contribution >= 0.6 is 24.0 Å². The summed E-state index contributed by atoms with van der Waals surface area (Å²) in [5.74, 6) is 0.365. The van der Waals surface area contributed by atoms with Crippen LogP contribution in [0, 0.1) is 0 Å². The lowest BCUT2D eigenvalue weighted by Gasteiger charge is -2.14. The smallest absolute Gasteiger partial charge is 0.267 e. The number of anilines is 1. The molecule has 1 aliphatic rings. The molecule has 0 aromatic carbocycles. The van der Waals surface area contributed by atoms with Gasteiger partial charge in [-0.15, -0.1) is 0 Å². The van der Waals surface area contributed by atoms with E-state index in [1.807, 2.05) is 13.0 Å². The highest BCUT2D eigenvalue weighted by molar-refractivity contribution is 8.26. The summed E-state index contributed by atoms with van der Waals surface area (Å²) in [6.07, 6.45) is 15.8. The Morgan fingerprint density at radius 2 is 1.68 bits per heavy atom. The van der Waals surface area contributed by atoms with Crippen LogP contribution in [0.25, 0.3) is 11.7 Å². The van der Waals surface area contributed by atoms with E-state index >= 15 is 0 Å². The Balaban J connectivity index is 1.59. The Morgan fingerprint density at radius 1 is 1.00 bits per heavy atom. The molecule has 2 aromatic rings. The highest BCUT2D eigenvalue weighted by atomic mass is 32.2. The van der Waals surface area contributed by atoms with Crippen LogP contribution in [-0.4, -0.2) is 37.6 Å². The molecule has 0 aliphatic carbocycles. The molecule has 34 heavy (non-hydrogen) atoms. The van der Waals surface area contributed by atoms with Crippen LogP contribution in [0.1, 0.15) is 83.6 Å². The average molecular weight is 501 g/mol. The van der Waals surface area contributed by atoms with Gasteiger partial charge >= 0.3 is 0 Å². The third-order valence-electron chi connectivity index (χ3n) is 6.00. The molecule has 0 radical (unpaired) electrons. The van der Waals surface area contributed by atoms with Crippen LogP contribution in [0.5, 0.6) is 0 Å². The molecule has 8 heteroatoms. The minimum atomic E-state index is -0.207. The fourth-order valence-electron chi connectivity index (χ4n) is 4.12. The minimum Gasteiger partial charge on any atom is -0.370 e. The summed E-state index contributed by atoms with van der Waals surface area (Å²) < 4.78 is 2.06. The van der Waals surface area contributed by atoms with Crippen LogP contribution in [-0.2, 0) is 4.79 Å². The van der Waals surface area contributed by atoms with E-state index < -0.39 is 0 Å². The zero-order valence-electron chi connectivity index (χ0n) is 20.3. The number of amides is 1. The number of hydrogen-bond donors (Lipinski definition) is 1. The second kappa shape index (κ2) is 13.6. The summed E-state index contributed by atoms with van der Waals surface area (Å²) in [4.78, 5) is 32.9. The number of thiocarbonyl (C=S) groups is 1. The molecule has 0 bridgehead atoms. The lowest BCUT2D eigenvalue weighted by Crippen LogP contribution is -2.29. The standard InChI is InChI=1S/C26H36N4O2S2/c1-3-5-6-7-8-9-10-11-12-14-18-30-25(32)21(34-26(30)33)19-20-23(27-4-2)28-22-16-13-15-17-29(22)24(20)31/h13,15-17,19,27H,3-12,14,18H2,1-2H3. The minimum absolute atomic E-state index is 0.120. The normalized spacial score (nSPS) is 15.1. The number of rotatable bonds is 14. The topological polar surface area (TPSA) is 66.7 Å². The van der Waals surface area contributed by atoms with Gasteiger partial charge in [0.05, 0.1) is 10.5 Å². The molecule has 0 spiro atoms. The SMILES string of the molecule is CCCCCCCCCCCCN1C(=O)C(=Cc2c(NCC)nc3ccccn3c2=O)SC1=S. The maximum absolute atomic E-state index is 13.1. The number of unbranched alkanes of at least 4 members (excludes halogenated alkanes) is 9. The molecule has 1 fully saturated rings. The van der Waals surface area contributed by atoms with Crippen molar-refractivity contribution in [1.82, 2.24) is 14.3 Å². The summed E-state index contributed by atoms with van der Waals surface area (Å²) in [6, 6.07) is 5.42. The molecular weight excluding hydrogens is 464 g/mol. The average Bonchev–Trinajstić information content (AvgIpc) is 3.10. The lowest BCUT2D eigenvalue weighted by atomic mass is 10.1. The molecular formula is C26H36N4O2S2. The van der Waals surface area contributed by atoms with E-state index in [4.69, 9.17) is 12.2 Å². The quantitative estimate of drug-likeness (QED) is 0.188. The number of fused-ring (bicyclic) bond motifs is 1. The molecule has 1 saturated heterocycles. The van der Waals surface area contributed by atoms with Crippen molar-refractivity contribution >= 4 is 51.7 Å². The third-order valence-corrected chi connectivity index (χ3v) is 7.38. The molecule has 6 nitrogen and oxygen atoms in total. The first-order chi connectivity index (χ1) is 16.6. The molecule has 1 N–H and O–H groups in total. The van der Waals surface area contributed by atoms with Crippen molar-refractivity contribution in [2.45, 2.75) is 78.1 Å². The molecule has 2 aromatic heterocycles. The number of nitrogens with one attached hydrogen (secondary N) is 1. The first-order valence-corrected chi connectivity index (χ1v) is 13.8. The lowest BCUT2D eigenvalue weighted by molar-refractivity contribution is -0.122. The van der Waals surface area contributed by atoms with Crippen molar-refractivity contribution in [3.05, 3.63) is 45.2 Å². The monoisotopic (exact) mass is 500 g/mol. The van der Waals surface area contributed by atoms with Crippen molar-refractivity contribution in [3.8, 4) is 0 Å². The van der Waals surface area contributed by atoms with E-state index in [0.717, 1.165) is 12.8 Å². The molecule has 1 amide bonds. The fourth-order valence-corrected chi connectivity index (χ4v) is 5.41. The second-order valence-corrected chi connectivity index (χ2v) is 10.3. The zero-order valence-corrected chi connectivity index (χ0v) is 22.0. The highest BCUT2D eigenvalue weighted by Gasteiger charge is 2.32. The number of carbonyl (C=O) groups is 1. The molecule has 3 heterocycles. The van der Waals surface area contributed by atoms with Gasteiger partial charge in [0.2, 0.25) is 0 Å². The number of pyridine rings is 1. The Kier molecular flexibility index (Phi) is 10.6. The fraction of sp³-hybridized carbons (Fsp3) is 0.538. The maximum atomic E-state index is 13.1. The van der Waals surface area contributed by atoms with Crippen LogP contribution in [0.15, 0.2) is 34.1 Å². The van der Waals surface area contributed by atoms with Crippen LogP contribution < -0.4 is 10.9 Å². The second-order valence-electron chi connectivity index (χ2n) is 8.65. The predicted molar refractivity (Wildman–Crippen MR) is 147 cm³/mol. The van der Waals surface area contributed by atoms with Gasteiger partial charge in [0.1, 0.15) is 15.8 Å². The molecule has 0 unspecified atom stereocenters. The Morgan fingerprint density at radius 3 is 2.35 bits per heavy atom. The van der Waals surface area contributed by atoms with Gasteiger partial charge in [0, 0.05) is 19.3 Å². The van der Waals surface area contributed by atoms with Crippen molar-refractivity contribution in [2.75, 3.05) is 18.4 Å². The van der Waals surface area contributed by atoms with Gasteiger partial charge in [-0.1, -0.05) is 94.8 Å². The number of nitrogens with zero attached hydrogens (tertiary/aromatic N) is 3. The number of aromatic nitrogens is 2. The van der Waals surface area contributed by atoms with Crippen molar-refractivity contribution < 1.29 is 4.79 Å². The third kappa shape index (κ3) is 6.92. The molecule has 184 valence electrons. The summed E-state index contributed by atoms with van der Waals surface area (Å²) in [6.45, 7) is 5.45. The van der Waals surface area contributed by atoms with Gasteiger partial charge in [-0.05, 0) is 31.6 Å². The van der Waals surface area contributed by atoms with Gasteiger partial charge in [-0.3, -0.25) is 18.9 Å². The van der Waals surface area contributed by atoms with E-state index in [1.54, 1.807) is 29.3 Å². The predicted octanol–water partition coefficient (Wildman–Crippen LogP) is 6.25. The van der Waals surface area contributed by atoms with Crippen molar-refractivity contribution in [1.29, 1.82) is 0 Å². The number of thioether (sulfide) groups is 1. The van der Waals surface area contributed by atoms with E-state index in [-0.39, 0.29) is 11.5 Å². The van der Waals surface area contributed by atoms with Gasteiger partial charge in [-0.25, -0.2) is 4.98 Å². The van der Waals surface area contributed by atoms with Crippen LogP contribution in [0.3, 0.4) is 0 Å². The van der Waals surface area contributed by atoms with E-state index in [1.165, 1.54) is 67.5 Å². The van der Waals surface area contributed by atoms with Crippen LogP contribution in [0.2, 0.25) is 0 Å². The number of hydrogen-bond acceptors (Lipinski definition) is 6. The molecule has 0 saturated carbocycles. The highest BCUT2D eigenvalue weighted by Crippen LogP contribution is 2.33. The van der Waals surface area contributed by atoms with E-state index in [9.17, 15) is 9.59 Å².